The maximum atomic E-state index is 11.4. The highest BCUT2D eigenvalue weighted by atomic mass is 32.2. The number of fused-ring (bicyclic) bond motifs is 1. The number of aryl methyl sites for hydroxylation is 1. The molecule has 1 fully saturated rings. The quantitative estimate of drug-likeness (QED) is 0.756. The second-order valence-electron chi connectivity index (χ2n) is 4.58. The Hall–Kier alpha value is -1.43. The second kappa shape index (κ2) is 3.53. The van der Waals surface area contributed by atoms with E-state index in [2.05, 4.69) is 10.1 Å². The summed E-state index contributed by atoms with van der Waals surface area (Å²) in [4.78, 5) is 4.39. The molecule has 3 rings (SSSR count). The number of hydrogen-bond donors (Lipinski definition) is 0. The van der Waals surface area contributed by atoms with E-state index in [-0.39, 0.29) is 17.4 Å². The molecule has 3 heterocycles. The Bertz CT molecular complexity index is 675. The summed E-state index contributed by atoms with van der Waals surface area (Å²) >= 11 is 0. The minimum atomic E-state index is -2.88. The minimum absolute atomic E-state index is 0.0415. The average Bonchev–Trinajstić information content (AvgIpc) is 2.80. The summed E-state index contributed by atoms with van der Waals surface area (Å²) in [5, 5.41) is 4.36. The molecule has 17 heavy (non-hydrogen) atoms. The van der Waals surface area contributed by atoms with Crippen molar-refractivity contribution in [1.29, 1.82) is 0 Å². The molecule has 1 atom stereocenters. The van der Waals surface area contributed by atoms with Crippen LogP contribution in [0.15, 0.2) is 18.3 Å². The first kappa shape index (κ1) is 10.7. The number of aromatic nitrogens is 3. The van der Waals surface area contributed by atoms with Crippen molar-refractivity contribution in [2.75, 3.05) is 11.5 Å². The average molecular weight is 251 g/mol. The van der Waals surface area contributed by atoms with Crippen LogP contribution in [0.2, 0.25) is 0 Å². The number of nitrogens with zero attached hydrogens (tertiary/aromatic N) is 3. The van der Waals surface area contributed by atoms with Gasteiger partial charge in [-0.25, -0.2) is 17.9 Å². The van der Waals surface area contributed by atoms with E-state index >= 15 is 0 Å². The molecule has 0 spiro atoms. The van der Waals surface area contributed by atoms with Gasteiger partial charge in [0.25, 0.3) is 0 Å². The highest BCUT2D eigenvalue weighted by Gasteiger charge is 2.31. The predicted molar refractivity (Wildman–Crippen MR) is 63.7 cm³/mol. The van der Waals surface area contributed by atoms with Gasteiger partial charge in [-0.3, -0.25) is 0 Å². The first-order chi connectivity index (χ1) is 8.03. The van der Waals surface area contributed by atoms with Crippen molar-refractivity contribution < 1.29 is 8.42 Å². The van der Waals surface area contributed by atoms with Crippen molar-refractivity contribution in [3.8, 4) is 0 Å². The summed E-state index contributed by atoms with van der Waals surface area (Å²) in [6.07, 6.45) is 2.54. The lowest BCUT2D eigenvalue weighted by molar-refractivity contribution is 0.601. The molecule has 0 N–H and O–H groups in total. The summed E-state index contributed by atoms with van der Waals surface area (Å²) in [6, 6.07) is 3.87. The molecule has 1 saturated heterocycles. The van der Waals surface area contributed by atoms with Crippen LogP contribution in [0.25, 0.3) is 5.65 Å². The molecule has 2 aromatic heterocycles. The van der Waals surface area contributed by atoms with Crippen LogP contribution >= 0.6 is 0 Å². The summed E-state index contributed by atoms with van der Waals surface area (Å²) < 4.78 is 24.6. The summed E-state index contributed by atoms with van der Waals surface area (Å²) in [6.45, 7) is 1.99. The normalized spacial score (nSPS) is 23.2. The van der Waals surface area contributed by atoms with Crippen LogP contribution in [0.1, 0.15) is 23.7 Å². The molecule has 1 aliphatic rings. The van der Waals surface area contributed by atoms with Crippen molar-refractivity contribution >= 4 is 15.5 Å². The van der Waals surface area contributed by atoms with Crippen LogP contribution in [0.5, 0.6) is 0 Å². The number of rotatable bonds is 1. The highest BCUT2D eigenvalue weighted by molar-refractivity contribution is 7.91. The molecule has 6 heteroatoms. The van der Waals surface area contributed by atoms with Crippen LogP contribution in [0.4, 0.5) is 0 Å². The molecule has 0 radical (unpaired) electrons. The van der Waals surface area contributed by atoms with Crippen LogP contribution in [-0.4, -0.2) is 34.5 Å². The van der Waals surface area contributed by atoms with E-state index < -0.39 is 9.84 Å². The van der Waals surface area contributed by atoms with Gasteiger partial charge in [0, 0.05) is 12.1 Å². The summed E-state index contributed by atoms with van der Waals surface area (Å²) in [7, 11) is -2.88. The van der Waals surface area contributed by atoms with E-state index in [0.29, 0.717) is 12.2 Å². The molecule has 1 unspecified atom stereocenters. The van der Waals surface area contributed by atoms with Gasteiger partial charge in [-0.2, -0.15) is 5.10 Å². The molecule has 2 aromatic rings. The fraction of sp³-hybridized carbons (Fsp3) is 0.455. The zero-order chi connectivity index (χ0) is 12.0. The van der Waals surface area contributed by atoms with Crippen LogP contribution in [0.3, 0.4) is 0 Å². The lowest BCUT2D eigenvalue weighted by atomic mass is 10.1. The molecular formula is C11H13N3O2S. The largest absolute Gasteiger partial charge is 0.229 e. The first-order valence-corrected chi connectivity index (χ1v) is 7.39. The van der Waals surface area contributed by atoms with Crippen molar-refractivity contribution in [2.24, 2.45) is 0 Å². The highest BCUT2D eigenvalue weighted by Crippen LogP contribution is 2.26. The Balaban J connectivity index is 2.02. The molecule has 90 valence electrons. The van der Waals surface area contributed by atoms with Gasteiger partial charge in [0.1, 0.15) is 0 Å². The van der Waals surface area contributed by atoms with Crippen molar-refractivity contribution in [3.05, 3.63) is 29.7 Å². The van der Waals surface area contributed by atoms with E-state index in [4.69, 9.17) is 0 Å². The first-order valence-electron chi connectivity index (χ1n) is 5.57. The lowest BCUT2D eigenvalue weighted by Gasteiger charge is -1.98. The second-order valence-corrected chi connectivity index (χ2v) is 6.81. The summed E-state index contributed by atoms with van der Waals surface area (Å²) in [5.41, 5.74) is 1.88. The Morgan fingerprint density at radius 1 is 1.41 bits per heavy atom. The maximum absolute atomic E-state index is 11.4. The van der Waals surface area contributed by atoms with Crippen LogP contribution in [-0.2, 0) is 9.84 Å². The smallest absolute Gasteiger partial charge is 0.155 e. The monoisotopic (exact) mass is 251 g/mol. The van der Waals surface area contributed by atoms with Crippen molar-refractivity contribution in [3.63, 3.8) is 0 Å². The van der Waals surface area contributed by atoms with Crippen molar-refractivity contribution in [2.45, 2.75) is 19.3 Å². The Labute approximate surface area is 99.4 Å². The van der Waals surface area contributed by atoms with Gasteiger partial charge in [-0.15, -0.1) is 0 Å². The van der Waals surface area contributed by atoms with Gasteiger partial charge in [0.2, 0.25) is 0 Å². The Kier molecular flexibility index (Phi) is 2.22. The van der Waals surface area contributed by atoms with E-state index in [0.717, 1.165) is 11.2 Å². The van der Waals surface area contributed by atoms with Gasteiger partial charge >= 0.3 is 0 Å². The van der Waals surface area contributed by atoms with Gasteiger partial charge in [0.15, 0.2) is 21.3 Å². The summed E-state index contributed by atoms with van der Waals surface area (Å²) in [5.74, 6) is 1.05. The van der Waals surface area contributed by atoms with E-state index in [1.807, 2.05) is 25.3 Å². The SMILES string of the molecule is Cc1ccc2nc(C3CCS(=O)(=O)C3)nn2c1. The molecule has 0 amide bonds. The third-order valence-corrected chi connectivity index (χ3v) is 4.86. The molecule has 0 aliphatic carbocycles. The number of sulfone groups is 1. The molecule has 0 aromatic carbocycles. The van der Waals surface area contributed by atoms with Crippen LogP contribution in [0, 0.1) is 6.92 Å². The molecule has 1 aliphatic heterocycles. The fourth-order valence-electron chi connectivity index (χ4n) is 2.17. The lowest BCUT2D eigenvalue weighted by Crippen LogP contribution is -2.05. The van der Waals surface area contributed by atoms with Gasteiger partial charge in [-0.1, -0.05) is 6.07 Å². The maximum Gasteiger partial charge on any atom is 0.155 e. The van der Waals surface area contributed by atoms with Crippen molar-refractivity contribution in [1.82, 2.24) is 14.6 Å². The van der Waals surface area contributed by atoms with E-state index in [1.165, 1.54) is 0 Å². The number of hydrogen-bond acceptors (Lipinski definition) is 4. The van der Waals surface area contributed by atoms with E-state index in [9.17, 15) is 8.42 Å². The number of pyridine rings is 1. The Morgan fingerprint density at radius 3 is 2.94 bits per heavy atom. The third kappa shape index (κ3) is 1.93. The fourth-order valence-corrected chi connectivity index (χ4v) is 3.91. The Morgan fingerprint density at radius 2 is 2.24 bits per heavy atom. The van der Waals surface area contributed by atoms with Gasteiger partial charge < -0.3 is 0 Å². The van der Waals surface area contributed by atoms with Gasteiger partial charge in [-0.05, 0) is 25.0 Å². The van der Waals surface area contributed by atoms with E-state index in [1.54, 1.807) is 4.52 Å². The molecule has 5 nitrogen and oxygen atoms in total. The third-order valence-electron chi connectivity index (χ3n) is 3.09. The molecular weight excluding hydrogens is 238 g/mol. The zero-order valence-corrected chi connectivity index (χ0v) is 10.3. The molecule has 0 bridgehead atoms. The molecule has 0 saturated carbocycles. The topological polar surface area (TPSA) is 64.3 Å². The van der Waals surface area contributed by atoms with Gasteiger partial charge in [0.05, 0.1) is 11.5 Å². The standard InChI is InChI=1S/C11H13N3O2S/c1-8-2-3-10-12-11(13-14(10)6-8)9-4-5-17(15,16)7-9/h2-3,6,9H,4-5,7H2,1H3. The predicted octanol–water partition coefficient (Wildman–Crippen LogP) is 0.940. The van der Waals surface area contributed by atoms with Crippen LogP contribution < -0.4 is 0 Å². The minimum Gasteiger partial charge on any atom is -0.229 e. The zero-order valence-electron chi connectivity index (χ0n) is 9.50.